The summed E-state index contributed by atoms with van der Waals surface area (Å²) in [5, 5.41) is 4.55. The van der Waals surface area contributed by atoms with Crippen molar-refractivity contribution < 1.29 is 12.6 Å². The molecule has 0 atom stereocenters. The van der Waals surface area contributed by atoms with E-state index in [2.05, 4.69) is 11.2 Å². The molecule has 0 unspecified atom stereocenters. The number of nitrogens with zero attached hydrogens (tertiary/aromatic N) is 4. The van der Waals surface area contributed by atoms with Crippen LogP contribution >= 0.6 is 0 Å². The van der Waals surface area contributed by atoms with Crippen LogP contribution in [0.1, 0.15) is 19.4 Å². The van der Waals surface area contributed by atoms with Gasteiger partial charge in [0.05, 0.1) is 42.3 Å². The highest BCUT2D eigenvalue weighted by molar-refractivity contribution is 7.85. The first-order valence-corrected chi connectivity index (χ1v) is 12.8. The fourth-order valence-corrected chi connectivity index (χ4v) is 4.61. The van der Waals surface area contributed by atoms with Crippen LogP contribution < -0.4 is 5.69 Å². The summed E-state index contributed by atoms with van der Waals surface area (Å²) in [6.45, 7) is 7.42. The highest BCUT2D eigenvalue weighted by Crippen LogP contribution is 2.34. The van der Waals surface area contributed by atoms with Crippen LogP contribution in [-0.2, 0) is 33.9 Å². The number of aryl methyl sites for hydroxylation is 3. The standard InChI is InChI=1S/C24H28N4O4S/c1-5-26-21-11-10-18(15-22(21)27(6-2)24(26)29)20-16-25-28(12-13-32-33(4,30)31)23(20)19-9-7-8-17(3)14-19/h7-11,14-16H,5-6,12-13H2,1-4H3. The van der Waals surface area contributed by atoms with Crippen LogP contribution in [0.2, 0.25) is 0 Å². The van der Waals surface area contributed by atoms with Gasteiger partial charge in [0.25, 0.3) is 10.1 Å². The van der Waals surface area contributed by atoms with Gasteiger partial charge in [0.1, 0.15) is 0 Å². The molecule has 0 radical (unpaired) electrons. The molecule has 0 aliphatic rings. The Morgan fingerprint density at radius 1 is 0.970 bits per heavy atom. The largest absolute Gasteiger partial charge is 0.329 e. The van der Waals surface area contributed by atoms with Crippen molar-refractivity contribution in [2.24, 2.45) is 0 Å². The van der Waals surface area contributed by atoms with Crippen molar-refractivity contribution in [1.29, 1.82) is 0 Å². The van der Waals surface area contributed by atoms with E-state index in [4.69, 9.17) is 4.18 Å². The Balaban J connectivity index is 1.87. The molecule has 33 heavy (non-hydrogen) atoms. The monoisotopic (exact) mass is 468 g/mol. The molecular weight excluding hydrogens is 440 g/mol. The zero-order chi connectivity index (χ0) is 23.8. The SMILES string of the molecule is CCn1c(=O)n(CC)c2cc(-c3cnn(CCOS(C)(=O)=O)c3-c3cccc(C)c3)ccc21. The Labute approximate surface area is 193 Å². The van der Waals surface area contributed by atoms with Crippen LogP contribution in [-0.4, -0.2) is 40.2 Å². The minimum absolute atomic E-state index is 0.00741. The maximum absolute atomic E-state index is 12.8. The second-order valence-electron chi connectivity index (χ2n) is 8.00. The van der Waals surface area contributed by atoms with E-state index in [-0.39, 0.29) is 18.8 Å². The van der Waals surface area contributed by atoms with Gasteiger partial charge in [-0.2, -0.15) is 13.5 Å². The van der Waals surface area contributed by atoms with Crippen molar-refractivity contribution in [2.45, 2.75) is 40.4 Å². The fourth-order valence-electron chi connectivity index (χ4n) is 4.24. The molecule has 9 heteroatoms. The summed E-state index contributed by atoms with van der Waals surface area (Å²) in [6, 6.07) is 14.1. The minimum Gasteiger partial charge on any atom is -0.292 e. The third-order valence-electron chi connectivity index (χ3n) is 5.69. The van der Waals surface area contributed by atoms with Crippen molar-refractivity contribution in [3.8, 4) is 22.4 Å². The molecule has 4 rings (SSSR count). The minimum atomic E-state index is -3.54. The van der Waals surface area contributed by atoms with Crippen molar-refractivity contribution in [3.63, 3.8) is 0 Å². The highest BCUT2D eigenvalue weighted by Gasteiger charge is 2.18. The van der Waals surface area contributed by atoms with E-state index in [1.54, 1.807) is 20.0 Å². The molecule has 8 nitrogen and oxygen atoms in total. The topological polar surface area (TPSA) is 88.1 Å². The molecule has 0 saturated heterocycles. The van der Waals surface area contributed by atoms with E-state index in [1.807, 2.05) is 57.2 Å². The van der Waals surface area contributed by atoms with E-state index >= 15 is 0 Å². The maximum atomic E-state index is 12.8. The van der Waals surface area contributed by atoms with Crippen LogP contribution in [0, 0.1) is 6.92 Å². The second kappa shape index (κ2) is 8.99. The molecule has 0 spiro atoms. The van der Waals surface area contributed by atoms with Crippen LogP contribution in [0.3, 0.4) is 0 Å². The Morgan fingerprint density at radius 3 is 2.36 bits per heavy atom. The molecule has 0 aliphatic heterocycles. The first kappa shape index (κ1) is 23.0. The van der Waals surface area contributed by atoms with Gasteiger partial charge in [-0.25, -0.2) is 4.79 Å². The van der Waals surface area contributed by atoms with Crippen molar-refractivity contribution >= 4 is 21.2 Å². The third-order valence-corrected chi connectivity index (χ3v) is 6.29. The molecule has 0 fully saturated rings. The summed E-state index contributed by atoms with van der Waals surface area (Å²) in [5.41, 5.74) is 6.56. The Hall–Kier alpha value is -3.17. The van der Waals surface area contributed by atoms with Crippen molar-refractivity contribution in [3.05, 3.63) is 64.7 Å². The molecular formula is C24H28N4O4S. The Kier molecular flexibility index (Phi) is 6.27. The summed E-state index contributed by atoms with van der Waals surface area (Å²) in [5.74, 6) is 0. The molecule has 0 saturated carbocycles. The number of hydrogen-bond acceptors (Lipinski definition) is 5. The van der Waals surface area contributed by atoms with Gasteiger partial charge in [0.2, 0.25) is 0 Å². The van der Waals surface area contributed by atoms with Gasteiger partial charge in [0.15, 0.2) is 0 Å². The second-order valence-corrected chi connectivity index (χ2v) is 9.64. The van der Waals surface area contributed by atoms with Gasteiger partial charge < -0.3 is 0 Å². The van der Waals surface area contributed by atoms with E-state index in [9.17, 15) is 13.2 Å². The lowest BCUT2D eigenvalue weighted by molar-refractivity contribution is 0.298. The molecule has 2 aromatic carbocycles. The van der Waals surface area contributed by atoms with E-state index in [0.717, 1.165) is 45.2 Å². The number of aromatic nitrogens is 4. The third kappa shape index (κ3) is 4.51. The number of fused-ring (bicyclic) bond motifs is 1. The lowest BCUT2D eigenvalue weighted by Gasteiger charge is -2.11. The number of rotatable bonds is 8. The number of hydrogen-bond donors (Lipinski definition) is 0. The molecule has 2 heterocycles. The number of benzene rings is 2. The zero-order valence-electron chi connectivity index (χ0n) is 19.3. The molecule has 0 aliphatic carbocycles. The summed E-state index contributed by atoms with van der Waals surface area (Å²) < 4.78 is 33.1. The average molecular weight is 469 g/mol. The van der Waals surface area contributed by atoms with Gasteiger partial charge in [-0.15, -0.1) is 0 Å². The zero-order valence-corrected chi connectivity index (χ0v) is 20.1. The first-order valence-electron chi connectivity index (χ1n) is 10.9. The lowest BCUT2D eigenvalue weighted by Crippen LogP contribution is -2.22. The van der Waals surface area contributed by atoms with Crippen LogP contribution in [0.15, 0.2) is 53.5 Å². The van der Waals surface area contributed by atoms with Crippen LogP contribution in [0.4, 0.5) is 0 Å². The molecule has 0 N–H and O–H groups in total. The van der Waals surface area contributed by atoms with Crippen LogP contribution in [0.5, 0.6) is 0 Å². The fraction of sp³-hybridized carbons (Fsp3) is 0.333. The van der Waals surface area contributed by atoms with Crippen molar-refractivity contribution in [2.75, 3.05) is 12.9 Å². The smallest absolute Gasteiger partial charge is 0.292 e. The normalized spacial score (nSPS) is 12.0. The molecule has 2 aromatic heterocycles. The molecule has 174 valence electrons. The van der Waals surface area contributed by atoms with E-state index in [0.29, 0.717) is 13.1 Å². The van der Waals surface area contributed by atoms with Crippen LogP contribution in [0.25, 0.3) is 33.4 Å². The van der Waals surface area contributed by atoms with Gasteiger partial charge in [-0.1, -0.05) is 29.8 Å². The molecule has 0 bridgehead atoms. The van der Waals surface area contributed by atoms with Gasteiger partial charge in [-0.05, 0) is 44.5 Å². The average Bonchev–Trinajstić information content (AvgIpc) is 3.30. The summed E-state index contributed by atoms with van der Waals surface area (Å²) in [4.78, 5) is 12.8. The number of imidazole rings is 1. The van der Waals surface area contributed by atoms with E-state index in [1.165, 1.54) is 0 Å². The quantitative estimate of drug-likeness (QED) is 0.368. The Bertz CT molecular complexity index is 1480. The van der Waals surface area contributed by atoms with Crippen molar-refractivity contribution in [1.82, 2.24) is 18.9 Å². The van der Waals surface area contributed by atoms with Gasteiger partial charge in [-0.3, -0.25) is 18.0 Å². The molecule has 4 aromatic rings. The van der Waals surface area contributed by atoms with Gasteiger partial charge >= 0.3 is 5.69 Å². The summed E-state index contributed by atoms with van der Waals surface area (Å²) in [7, 11) is -3.54. The highest BCUT2D eigenvalue weighted by atomic mass is 32.2. The summed E-state index contributed by atoms with van der Waals surface area (Å²) >= 11 is 0. The lowest BCUT2D eigenvalue weighted by atomic mass is 10.00. The molecule has 0 amide bonds. The summed E-state index contributed by atoms with van der Waals surface area (Å²) in [6.07, 6.45) is 2.82. The predicted molar refractivity (Wildman–Crippen MR) is 130 cm³/mol. The van der Waals surface area contributed by atoms with E-state index < -0.39 is 10.1 Å². The first-order chi connectivity index (χ1) is 15.7. The van der Waals surface area contributed by atoms with Gasteiger partial charge in [0, 0.05) is 24.2 Å². The maximum Gasteiger partial charge on any atom is 0.329 e. The Morgan fingerprint density at radius 2 is 1.70 bits per heavy atom. The predicted octanol–water partition coefficient (Wildman–Crippen LogP) is 3.66.